The lowest BCUT2D eigenvalue weighted by atomic mass is 9.99. The van der Waals surface area contributed by atoms with E-state index in [0.717, 1.165) is 34.8 Å². The van der Waals surface area contributed by atoms with Gasteiger partial charge >= 0.3 is 0 Å². The zero-order valence-corrected chi connectivity index (χ0v) is 17.2. The number of rotatable bonds is 10. The second-order valence-corrected chi connectivity index (χ2v) is 11.4. The van der Waals surface area contributed by atoms with E-state index in [1.165, 1.54) is 0 Å². The van der Waals surface area contributed by atoms with Crippen LogP contribution in [0.5, 0.6) is 0 Å². The summed E-state index contributed by atoms with van der Waals surface area (Å²) in [6.45, 7) is 7.32. The molecule has 3 heteroatoms. The molecule has 0 unspecified atom stereocenters. The Morgan fingerprint density at radius 1 is 0.885 bits per heavy atom. The van der Waals surface area contributed by atoms with Gasteiger partial charge in [-0.3, -0.25) is 4.79 Å². The molecule has 0 aliphatic rings. The molecule has 0 radical (unpaired) electrons. The van der Waals surface area contributed by atoms with Gasteiger partial charge in [-0.15, -0.1) is 0 Å². The average molecular weight is 367 g/mol. The fraction of sp³-hybridized carbons (Fsp3) is 0.348. The molecule has 0 aliphatic carbocycles. The third-order valence-corrected chi connectivity index (χ3v) is 9.86. The van der Waals surface area contributed by atoms with Crippen molar-refractivity contribution in [3.8, 4) is 0 Å². The number of Topliss-reactive ketones (excluding diaryl/α,β-unsaturated/α-hetero) is 1. The first-order valence-electron chi connectivity index (χ1n) is 9.63. The maximum Gasteiger partial charge on any atom is 0.191 e. The van der Waals surface area contributed by atoms with Crippen molar-refractivity contribution in [2.45, 2.75) is 45.3 Å². The van der Waals surface area contributed by atoms with Crippen molar-refractivity contribution < 1.29 is 9.22 Å². The van der Waals surface area contributed by atoms with Crippen molar-refractivity contribution in [2.75, 3.05) is 6.61 Å². The average Bonchev–Trinajstić information content (AvgIpc) is 2.71. The van der Waals surface area contributed by atoms with Crippen LogP contribution in [-0.4, -0.2) is 20.7 Å². The van der Waals surface area contributed by atoms with Gasteiger partial charge in [-0.2, -0.15) is 0 Å². The smallest absolute Gasteiger partial charge is 0.191 e. The predicted molar refractivity (Wildman–Crippen MR) is 113 cm³/mol. The van der Waals surface area contributed by atoms with Gasteiger partial charge in [0, 0.05) is 17.7 Å². The number of carbonyl (C=O) groups excluding carboxylic acids is 1. The van der Waals surface area contributed by atoms with Crippen molar-refractivity contribution >= 4 is 20.2 Å². The Labute approximate surface area is 159 Å². The minimum absolute atomic E-state index is 0.0924. The minimum atomic E-state index is -1.63. The van der Waals surface area contributed by atoms with Crippen LogP contribution >= 0.6 is 0 Å². The van der Waals surface area contributed by atoms with E-state index in [0.29, 0.717) is 13.0 Å². The van der Waals surface area contributed by atoms with Crippen LogP contribution in [0.4, 0.5) is 0 Å². The molecule has 2 aromatic carbocycles. The van der Waals surface area contributed by atoms with Crippen LogP contribution in [0.1, 0.15) is 43.1 Å². The molecule has 0 fully saturated rings. The number of benzene rings is 2. The molecule has 2 nitrogen and oxygen atoms in total. The lowest BCUT2D eigenvalue weighted by Crippen LogP contribution is -2.36. The standard InChI is InChI=1S/C23H30O2Si/c1-4-26(5-2,6-3)25-18-17-22(19-20-13-9-7-10-14-20)23(24)21-15-11-8-12-16-21/h7-16,19H,4-6,17-18H2,1-3H3/b22-19+. The third kappa shape index (κ3) is 5.51. The first kappa shape index (κ1) is 20.3. The summed E-state index contributed by atoms with van der Waals surface area (Å²) in [6.07, 6.45) is 2.66. The van der Waals surface area contributed by atoms with Crippen molar-refractivity contribution in [3.63, 3.8) is 0 Å². The maximum absolute atomic E-state index is 13.0. The molecule has 2 rings (SSSR count). The molecule has 0 heterocycles. The van der Waals surface area contributed by atoms with E-state index in [2.05, 4.69) is 20.8 Å². The molecule has 138 valence electrons. The SMILES string of the molecule is CC[Si](CC)(CC)OCC/C(=C\c1ccccc1)C(=O)c1ccccc1. The Hall–Kier alpha value is -1.97. The van der Waals surface area contributed by atoms with Crippen LogP contribution in [0.25, 0.3) is 6.08 Å². The van der Waals surface area contributed by atoms with Crippen molar-refractivity contribution in [1.82, 2.24) is 0 Å². The van der Waals surface area contributed by atoms with Crippen LogP contribution in [0.2, 0.25) is 18.1 Å². The number of carbonyl (C=O) groups is 1. The number of ketones is 1. The number of hydrogen-bond acceptors (Lipinski definition) is 2. The summed E-state index contributed by atoms with van der Waals surface area (Å²) in [5.74, 6) is 0.0924. The highest BCUT2D eigenvalue weighted by atomic mass is 28.4. The molecule has 26 heavy (non-hydrogen) atoms. The summed E-state index contributed by atoms with van der Waals surface area (Å²) < 4.78 is 6.38. The molecule has 0 amide bonds. The Balaban J connectivity index is 2.19. The Morgan fingerprint density at radius 3 is 1.96 bits per heavy atom. The van der Waals surface area contributed by atoms with Gasteiger partial charge < -0.3 is 4.43 Å². The van der Waals surface area contributed by atoms with Crippen molar-refractivity contribution in [2.24, 2.45) is 0 Å². The van der Waals surface area contributed by atoms with E-state index in [1.54, 1.807) is 0 Å². The predicted octanol–water partition coefficient (Wildman–Crippen LogP) is 6.36. The highest BCUT2D eigenvalue weighted by molar-refractivity contribution is 6.73. The van der Waals surface area contributed by atoms with Gasteiger partial charge in [-0.05, 0) is 36.2 Å². The zero-order valence-electron chi connectivity index (χ0n) is 16.2. The topological polar surface area (TPSA) is 26.3 Å². The lowest BCUT2D eigenvalue weighted by Gasteiger charge is -2.28. The fourth-order valence-electron chi connectivity index (χ4n) is 3.21. The molecular formula is C23H30O2Si. The maximum atomic E-state index is 13.0. The van der Waals surface area contributed by atoms with E-state index < -0.39 is 8.32 Å². The Bertz CT molecular complexity index is 695. The van der Waals surface area contributed by atoms with Crippen LogP contribution in [0.15, 0.2) is 66.2 Å². The molecule has 0 aromatic heterocycles. The molecule has 0 saturated heterocycles. The van der Waals surface area contributed by atoms with Gasteiger partial charge in [0.15, 0.2) is 14.1 Å². The van der Waals surface area contributed by atoms with Gasteiger partial charge in [-0.25, -0.2) is 0 Å². The van der Waals surface area contributed by atoms with Gasteiger partial charge in [0.05, 0.1) is 0 Å². The summed E-state index contributed by atoms with van der Waals surface area (Å²) >= 11 is 0. The molecule has 0 atom stereocenters. The van der Waals surface area contributed by atoms with Crippen molar-refractivity contribution in [1.29, 1.82) is 0 Å². The largest absolute Gasteiger partial charge is 0.416 e. The van der Waals surface area contributed by atoms with E-state index in [9.17, 15) is 4.79 Å². The third-order valence-electron chi connectivity index (χ3n) is 5.18. The van der Waals surface area contributed by atoms with E-state index in [1.807, 2.05) is 66.7 Å². The molecule has 0 saturated carbocycles. The first-order valence-corrected chi connectivity index (χ1v) is 12.2. The zero-order chi connectivity index (χ0) is 18.8. The summed E-state index contributed by atoms with van der Waals surface area (Å²) in [5, 5.41) is 0. The van der Waals surface area contributed by atoms with E-state index in [4.69, 9.17) is 4.43 Å². The lowest BCUT2D eigenvalue weighted by molar-refractivity contribution is 0.102. The molecule has 0 spiro atoms. The van der Waals surface area contributed by atoms with Crippen LogP contribution in [0, 0.1) is 0 Å². The highest BCUT2D eigenvalue weighted by Crippen LogP contribution is 2.23. The van der Waals surface area contributed by atoms with Gasteiger partial charge in [0.25, 0.3) is 0 Å². The van der Waals surface area contributed by atoms with Crippen LogP contribution < -0.4 is 0 Å². The van der Waals surface area contributed by atoms with Crippen LogP contribution in [0.3, 0.4) is 0 Å². The van der Waals surface area contributed by atoms with Crippen molar-refractivity contribution in [3.05, 3.63) is 77.4 Å². The van der Waals surface area contributed by atoms with E-state index in [-0.39, 0.29) is 5.78 Å². The normalized spacial score (nSPS) is 12.2. The monoisotopic (exact) mass is 366 g/mol. The molecular weight excluding hydrogens is 336 g/mol. The van der Waals surface area contributed by atoms with Gasteiger partial charge in [-0.1, -0.05) is 81.4 Å². The fourth-order valence-corrected chi connectivity index (χ4v) is 5.86. The molecule has 0 aliphatic heterocycles. The summed E-state index contributed by atoms with van der Waals surface area (Å²) in [5.41, 5.74) is 2.60. The number of hydrogen-bond donors (Lipinski definition) is 0. The molecule has 2 aromatic rings. The highest BCUT2D eigenvalue weighted by Gasteiger charge is 2.28. The second kappa shape index (κ2) is 10.2. The van der Waals surface area contributed by atoms with Gasteiger partial charge in [0.2, 0.25) is 0 Å². The Morgan fingerprint density at radius 2 is 1.42 bits per heavy atom. The minimum Gasteiger partial charge on any atom is -0.416 e. The quantitative estimate of drug-likeness (QED) is 0.278. The molecule has 0 N–H and O–H groups in total. The van der Waals surface area contributed by atoms with Crippen LogP contribution in [-0.2, 0) is 4.43 Å². The summed E-state index contributed by atoms with van der Waals surface area (Å²) in [6, 6.07) is 22.9. The first-order chi connectivity index (χ1) is 12.6. The Kier molecular flexibility index (Phi) is 8.01. The second-order valence-electron chi connectivity index (χ2n) is 6.62. The molecule has 0 bridgehead atoms. The summed E-state index contributed by atoms with van der Waals surface area (Å²) in [4.78, 5) is 13.0. The van der Waals surface area contributed by atoms with Gasteiger partial charge in [0.1, 0.15) is 0 Å². The summed E-state index contributed by atoms with van der Waals surface area (Å²) in [7, 11) is -1.63. The van der Waals surface area contributed by atoms with E-state index >= 15 is 0 Å².